The van der Waals surface area contributed by atoms with Gasteiger partial charge in [0, 0.05) is 22.1 Å². The Hall–Kier alpha value is -0.670. The highest BCUT2D eigenvalue weighted by Gasteiger charge is 2.03. The van der Waals surface area contributed by atoms with Gasteiger partial charge in [0.25, 0.3) is 0 Å². The Kier molecular flexibility index (Phi) is 2.22. The first-order valence-corrected chi connectivity index (χ1v) is 4.74. The van der Waals surface area contributed by atoms with Crippen LogP contribution >= 0.6 is 27.5 Å². The first kappa shape index (κ1) is 8.91. The third kappa shape index (κ3) is 1.67. The number of aromatic nitrogens is 1. The summed E-state index contributed by atoms with van der Waals surface area (Å²) in [7, 11) is 0. The molecule has 0 atom stereocenters. The molecule has 1 aromatic carbocycles. The largest absolute Gasteiger partial charge is 0.255 e. The van der Waals surface area contributed by atoms with E-state index in [2.05, 4.69) is 20.9 Å². The summed E-state index contributed by atoms with van der Waals surface area (Å²) in [4.78, 5) is 4.04. The van der Waals surface area contributed by atoms with Gasteiger partial charge in [0.2, 0.25) is 0 Å². The minimum absolute atomic E-state index is 0.118. The van der Waals surface area contributed by atoms with Crippen LogP contribution in [0.2, 0.25) is 5.02 Å². The van der Waals surface area contributed by atoms with Crippen molar-refractivity contribution < 1.29 is 4.39 Å². The third-order valence-corrected chi connectivity index (χ3v) is 2.41. The molecule has 0 aliphatic heterocycles. The van der Waals surface area contributed by atoms with E-state index < -0.39 is 5.82 Å². The van der Waals surface area contributed by atoms with Gasteiger partial charge in [-0.1, -0.05) is 11.6 Å². The Balaban J connectivity index is 2.81. The summed E-state index contributed by atoms with van der Waals surface area (Å²) in [6.07, 6.45) is 1.62. The van der Waals surface area contributed by atoms with Crippen LogP contribution in [0.15, 0.2) is 28.9 Å². The van der Waals surface area contributed by atoms with Gasteiger partial charge in [-0.3, -0.25) is 4.98 Å². The summed E-state index contributed by atoms with van der Waals surface area (Å²) in [6, 6.07) is 4.72. The Bertz CT molecular complexity index is 472. The highest BCUT2D eigenvalue weighted by molar-refractivity contribution is 9.10. The molecule has 4 heteroatoms. The van der Waals surface area contributed by atoms with Crippen LogP contribution in [0.1, 0.15) is 0 Å². The van der Waals surface area contributed by atoms with Crippen molar-refractivity contribution in [2.45, 2.75) is 0 Å². The van der Waals surface area contributed by atoms with Gasteiger partial charge in [0.15, 0.2) is 0 Å². The van der Waals surface area contributed by atoms with Crippen LogP contribution in [0.5, 0.6) is 0 Å². The minimum atomic E-state index is -0.441. The summed E-state index contributed by atoms with van der Waals surface area (Å²) in [5.41, 5.74) is 0.602. The monoisotopic (exact) mass is 259 g/mol. The molecule has 0 fully saturated rings. The van der Waals surface area contributed by atoms with Gasteiger partial charge in [-0.25, -0.2) is 4.39 Å². The van der Waals surface area contributed by atoms with Crippen molar-refractivity contribution >= 4 is 38.4 Å². The molecule has 0 spiro atoms. The maximum Gasteiger partial charge on any atom is 0.143 e. The van der Waals surface area contributed by atoms with E-state index in [9.17, 15) is 4.39 Å². The van der Waals surface area contributed by atoms with Crippen molar-refractivity contribution in [3.8, 4) is 0 Å². The van der Waals surface area contributed by atoms with Crippen molar-refractivity contribution in [3.05, 3.63) is 39.7 Å². The molecular weight excluding hydrogens is 256 g/mol. The van der Waals surface area contributed by atoms with Crippen molar-refractivity contribution in [3.63, 3.8) is 0 Å². The zero-order chi connectivity index (χ0) is 9.42. The number of fused-ring (bicyclic) bond motifs is 1. The molecule has 0 N–H and O–H groups in total. The number of hydrogen-bond acceptors (Lipinski definition) is 1. The predicted octanol–water partition coefficient (Wildman–Crippen LogP) is 3.79. The van der Waals surface area contributed by atoms with Crippen LogP contribution in [0, 0.1) is 5.82 Å². The van der Waals surface area contributed by atoms with E-state index in [4.69, 9.17) is 11.6 Å². The van der Waals surface area contributed by atoms with E-state index in [1.807, 2.05) is 6.07 Å². The van der Waals surface area contributed by atoms with Crippen molar-refractivity contribution in [1.29, 1.82) is 0 Å². The Morgan fingerprint density at radius 3 is 2.85 bits per heavy atom. The Morgan fingerprint density at radius 1 is 1.31 bits per heavy atom. The van der Waals surface area contributed by atoms with Crippen LogP contribution in [-0.2, 0) is 0 Å². The quantitative estimate of drug-likeness (QED) is 0.702. The van der Waals surface area contributed by atoms with Gasteiger partial charge in [-0.05, 0) is 28.1 Å². The first-order chi connectivity index (χ1) is 6.16. The number of hydrogen-bond donors (Lipinski definition) is 0. The molecule has 2 rings (SSSR count). The number of pyridine rings is 1. The molecule has 13 heavy (non-hydrogen) atoms. The fraction of sp³-hybridized carbons (Fsp3) is 0. The molecule has 1 nitrogen and oxygen atoms in total. The van der Waals surface area contributed by atoms with E-state index in [1.54, 1.807) is 12.3 Å². The van der Waals surface area contributed by atoms with Gasteiger partial charge in [-0.2, -0.15) is 0 Å². The molecule has 0 aliphatic rings. The van der Waals surface area contributed by atoms with Crippen LogP contribution in [0.4, 0.5) is 4.39 Å². The van der Waals surface area contributed by atoms with E-state index in [-0.39, 0.29) is 5.02 Å². The van der Waals surface area contributed by atoms with Crippen LogP contribution in [0.25, 0.3) is 10.9 Å². The van der Waals surface area contributed by atoms with Gasteiger partial charge in [-0.15, -0.1) is 0 Å². The molecule has 0 amide bonds. The van der Waals surface area contributed by atoms with E-state index in [0.717, 1.165) is 9.86 Å². The summed E-state index contributed by atoms with van der Waals surface area (Å²) in [5.74, 6) is -0.441. The molecule has 0 radical (unpaired) electrons. The second-order valence-corrected chi connectivity index (χ2v) is 3.94. The Labute approximate surface area is 87.7 Å². The third-order valence-electron chi connectivity index (χ3n) is 1.69. The lowest BCUT2D eigenvalue weighted by molar-refractivity contribution is 0.630. The Morgan fingerprint density at radius 2 is 2.08 bits per heavy atom. The normalized spacial score (nSPS) is 10.7. The topological polar surface area (TPSA) is 12.9 Å². The predicted molar refractivity (Wildman–Crippen MR) is 54.4 cm³/mol. The minimum Gasteiger partial charge on any atom is -0.255 e. The SMILES string of the molecule is Fc1cc2ncc(Br)cc2cc1Cl. The molecule has 0 unspecified atom stereocenters. The zero-order valence-corrected chi connectivity index (χ0v) is 8.73. The highest BCUT2D eigenvalue weighted by Crippen LogP contribution is 2.23. The molecular formula is C9H4BrClFN. The lowest BCUT2D eigenvalue weighted by atomic mass is 10.2. The fourth-order valence-electron chi connectivity index (χ4n) is 1.10. The van der Waals surface area contributed by atoms with Crippen LogP contribution < -0.4 is 0 Å². The molecule has 0 bridgehead atoms. The van der Waals surface area contributed by atoms with Gasteiger partial charge < -0.3 is 0 Å². The van der Waals surface area contributed by atoms with Gasteiger partial charge in [0.05, 0.1) is 10.5 Å². The van der Waals surface area contributed by atoms with Crippen LogP contribution in [0.3, 0.4) is 0 Å². The summed E-state index contributed by atoms with van der Waals surface area (Å²) in [6.45, 7) is 0. The summed E-state index contributed by atoms with van der Waals surface area (Å²) in [5, 5.41) is 0.938. The fourth-order valence-corrected chi connectivity index (χ4v) is 1.62. The summed E-state index contributed by atoms with van der Waals surface area (Å²) < 4.78 is 13.8. The average molecular weight is 260 g/mol. The van der Waals surface area contributed by atoms with Crippen molar-refractivity contribution in [2.24, 2.45) is 0 Å². The van der Waals surface area contributed by atoms with Gasteiger partial charge >= 0.3 is 0 Å². The molecule has 66 valence electrons. The molecule has 2 aromatic rings. The standard InChI is InChI=1S/C9H4BrClFN/c10-6-1-5-2-7(11)8(12)3-9(5)13-4-6/h1-4H. The van der Waals surface area contributed by atoms with E-state index >= 15 is 0 Å². The molecule has 0 aliphatic carbocycles. The van der Waals surface area contributed by atoms with E-state index in [1.165, 1.54) is 6.07 Å². The smallest absolute Gasteiger partial charge is 0.143 e. The number of halogens is 3. The summed E-state index contributed by atoms with van der Waals surface area (Å²) >= 11 is 8.90. The number of rotatable bonds is 0. The van der Waals surface area contributed by atoms with Crippen molar-refractivity contribution in [2.75, 3.05) is 0 Å². The first-order valence-electron chi connectivity index (χ1n) is 3.57. The lowest BCUT2D eigenvalue weighted by Crippen LogP contribution is -1.82. The van der Waals surface area contributed by atoms with Crippen molar-refractivity contribution in [1.82, 2.24) is 4.98 Å². The maximum atomic E-state index is 13.0. The van der Waals surface area contributed by atoms with Crippen LogP contribution in [-0.4, -0.2) is 4.98 Å². The average Bonchev–Trinajstić information content (AvgIpc) is 2.08. The maximum absolute atomic E-state index is 13.0. The zero-order valence-electron chi connectivity index (χ0n) is 6.39. The second kappa shape index (κ2) is 3.24. The number of benzene rings is 1. The highest BCUT2D eigenvalue weighted by atomic mass is 79.9. The molecule has 0 saturated heterocycles. The molecule has 1 aromatic heterocycles. The van der Waals surface area contributed by atoms with E-state index in [0.29, 0.717) is 5.52 Å². The second-order valence-electron chi connectivity index (χ2n) is 2.61. The lowest BCUT2D eigenvalue weighted by Gasteiger charge is -1.99. The molecule has 0 saturated carbocycles. The molecule has 1 heterocycles. The van der Waals surface area contributed by atoms with Gasteiger partial charge in [0.1, 0.15) is 5.82 Å². The number of nitrogens with zero attached hydrogens (tertiary/aromatic N) is 1.